The van der Waals surface area contributed by atoms with Crippen molar-refractivity contribution in [1.29, 1.82) is 0 Å². The number of hydrogen-bond donors (Lipinski definition) is 2. The van der Waals surface area contributed by atoms with Crippen LogP contribution in [0.4, 0.5) is 0 Å². The van der Waals surface area contributed by atoms with Gasteiger partial charge in [0.25, 0.3) is 0 Å². The molecular formula is C12H15N3S2. The molecular weight excluding hydrogens is 250 g/mol. The molecule has 17 heavy (non-hydrogen) atoms. The van der Waals surface area contributed by atoms with Crippen molar-refractivity contribution in [1.82, 2.24) is 15.0 Å². The normalized spacial score (nSPS) is 13.8. The Labute approximate surface area is 109 Å². The van der Waals surface area contributed by atoms with E-state index in [2.05, 4.69) is 40.5 Å². The predicted octanol–water partition coefficient (Wildman–Crippen LogP) is 3.26. The van der Waals surface area contributed by atoms with Crippen LogP contribution in [0.1, 0.15) is 25.5 Å². The van der Waals surface area contributed by atoms with Crippen molar-refractivity contribution in [2.75, 3.05) is 0 Å². The lowest BCUT2D eigenvalue weighted by molar-refractivity contribution is 0.798. The van der Waals surface area contributed by atoms with Gasteiger partial charge in [0.1, 0.15) is 5.03 Å². The van der Waals surface area contributed by atoms with Gasteiger partial charge in [-0.05, 0) is 18.1 Å². The van der Waals surface area contributed by atoms with Crippen LogP contribution in [0.15, 0.2) is 46.8 Å². The average Bonchev–Trinajstić information content (AvgIpc) is 2.39. The van der Waals surface area contributed by atoms with Gasteiger partial charge in [-0.1, -0.05) is 13.8 Å². The molecule has 0 bridgehead atoms. The van der Waals surface area contributed by atoms with Crippen LogP contribution < -0.4 is 0 Å². The van der Waals surface area contributed by atoms with E-state index in [1.165, 1.54) is 0 Å². The van der Waals surface area contributed by atoms with Crippen LogP contribution in [0.2, 0.25) is 0 Å². The smallest absolute Gasteiger partial charge is 0.107 e. The van der Waals surface area contributed by atoms with Crippen LogP contribution in [0.25, 0.3) is 0 Å². The van der Waals surface area contributed by atoms with Gasteiger partial charge in [-0.2, -0.15) is 0 Å². The van der Waals surface area contributed by atoms with Crippen LogP contribution in [0.3, 0.4) is 0 Å². The zero-order valence-corrected chi connectivity index (χ0v) is 11.6. The van der Waals surface area contributed by atoms with Crippen molar-refractivity contribution in [3.63, 3.8) is 0 Å². The van der Waals surface area contributed by atoms with Gasteiger partial charge in [-0.3, -0.25) is 9.97 Å². The van der Waals surface area contributed by atoms with E-state index in [-0.39, 0.29) is 0 Å². The quantitative estimate of drug-likeness (QED) is 0.661. The maximum absolute atomic E-state index is 4.63. The molecule has 0 spiro atoms. The third kappa shape index (κ3) is 2.98. The Balaban J connectivity index is 2.23. The standard InChI is InChI=1S/C12H15N3S2/c1-9(2)11-7-15-12(8-14-11)17(16)10-3-5-13-6-4-10/h3-9,16-17H,1-2H3. The minimum atomic E-state index is -0.722. The van der Waals surface area contributed by atoms with Gasteiger partial charge in [-0.25, -0.2) is 4.98 Å². The van der Waals surface area contributed by atoms with Crippen molar-refractivity contribution in [3.8, 4) is 0 Å². The highest BCUT2D eigenvalue weighted by atomic mass is 33.1. The first-order chi connectivity index (χ1) is 8.18. The molecule has 3 nitrogen and oxygen atoms in total. The fourth-order valence-corrected chi connectivity index (χ4v) is 3.08. The van der Waals surface area contributed by atoms with Gasteiger partial charge >= 0.3 is 0 Å². The van der Waals surface area contributed by atoms with E-state index in [0.29, 0.717) is 5.92 Å². The Morgan fingerprint density at radius 1 is 1.12 bits per heavy atom. The van der Waals surface area contributed by atoms with Gasteiger partial charge in [-0.15, -0.1) is 21.6 Å². The molecule has 0 radical (unpaired) electrons. The Kier molecular flexibility index (Phi) is 4.02. The highest BCUT2D eigenvalue weighted by Gasteiger charge is 2.08. The summed E-state index contributed by atoms with van der Waals surface area (Å²) in [4.78, 5) is 14.0. The van der Waals surface area contributed by atoms with Gasteiger partial charge < -0.3 is 0 Å². The van der Waals surface area contributed by atoms with Crippen molar-refractivity contribution in [2.24, 2.45) is 0 Å². The first-order valence-electron chi connectivity index (χ1n) is 5.39. The monoisotopic (exact) mass is 265 g/mol. The summed E-state index contributed by atoms with van der Waals surface area (Å²) in [6.45, 7) is 4.21. The topological polar surface area (TPSA) is 38.7 Å². The maximum atomic E-state index is 4.63. The van der Waals surface area contributed by atoms with Crippen LogP contribution >= 0.6 is 21.6 Å². The van der Waals surface area contributed by atoms with Crippen molar-refractivity contribution >= 4 is 21.6 Å². The predicted molar refractivity (Wildman–Crippen MR) is 74.9 cm³/mol. The molecule has 0 aliphatic heterocycles. The molecule has 2 aromatic heterocycles. The average molecular weight is 265 g/mol. The molecule has 0 amide bonds. The van der Waals surface area contributed by atoms with Gasteiger partial charge in [0.05, 0.1) is 11.9 Å². The number of thiol groups is 2. The van der Waals surface area contributed by atoms with Gasteiger partial charge in [0.2, 0.25) is 0 Å². The molecule has 2 aromatic rings. The zero-order chi connectivity index (χ0) is 12.3. The molecule has 0 aliphatic rings. The van der Waals surface area contributed by atoms with E-state index >= 15 is 0 Å². The Morgan fingerprint density at radius 3 is 2.35 bits per heavy atom. The molecule has 2 rings (SSSR count). The number of aromatic nitrogens is 3. The highest BCUT2D eigenvalue weighted by molar-refractivity contribution is 8.78. The van der Waals surface area contributed by atoms with E-state index in [4.69, 9.17) is 0 Å². The molecule has 0 aromatic carbocycles. The molecule has 0 saturated carbocycles. The number of rotatable bonds is 3. The number of nitrogens with zero attached hydrogens (tertiary/aromatic N) is 3. The summed E-state index contributed by atoms with van der Waals surface area (Å²) in [6, 6.07) is 3.94. The van der Waals surface area contributed by atoms with E-state index < -0.39 is 9.93 Å². The summed E-state index contributed by atoms with van der Waals surface area (Å²) in [7, 11) is -0.722. The molecule has 0 saturated heterocycles. The minimum Gasteiger partial charge on any atom is -0.265 e. The summed E-state index contributed by atoms with van der Waals surface area (Å²) in [5.41, 5.74) is 1.01. The lowest BCUT2D eigenvalue weighted by atomic mass is 10.1. The molecule has 1 unspecified atom stereocenters. The van der Waals surface area contributed by atoms with Crippen molar-refractivity contribution in [2.45, 2.75) is 29.7 Å². The number of hydrogen-bond acceptors (Lipinski definition) is 4. The van der Waals surface area contributed by atoms with Gasteiger partial charge in [0, 0.05) is 23.5 Å². The summed E-state index contributed by atoms with van der Waals surface area (Å²) in [6.07, 6.45) is 7.22. The fraction of sp³-hybridized carbons (Fsp3) is 0.250. The molecule has 0 N–H and O–H groups in total. The second-order valence-electron chi connectivity index (χ2n) is 3.97. The largest absolute Gasteiger partial charge is 0.265 e. The van der Waals surface area contributed by atoms with Crippen LogP contribution in [0.5, 0.6) is 0 Å². The third-order valence-corrected chi connectivity index (χ3v) is 5.13. The SMILES string of the molecule is CC(C)c1cnc([SH](S)c2ccncc2)cn1. The van der Waals surface area contributed by atoms with Gasteiger partial charge in [0.15, 0.2) is 0 Å². The first kappa shape index (κ1) is 12.4. The highest BCUT2D eigenvalue weighted by Crippen LogP contribution is 2.46. The minimum absolute atomic E-state index is 0.406. The van der Waals surface area contributed by atoms with E-state index in [0.717, 1.165) is 15.6 Å². The second-order valence-corrected chi connectivity index (χ2v) is 6.77. The Morgan fingerprint density at radius 2 is 1.82 bits per heavy atom. The van der Waals surface area contributed by atoms with Crippen LogP contribution in [-0.4, -0.2) is 15.0 Å². The van der Waals surface area contributed by atoms with Crippen molar-refractivity contribution < 1.29 is 0 Å². The fourth-order valence-electron chi connectivity index (χ4n) is 1.36. The first-order valence-corrected chi connectivity index (χ1v) is 7.89. The zero-order valence-electron chi connectivity index (χ0n) is 9.78. The van der Waals surface area contributed by atoms with Crippen LogP contribution in [-0.2, 0) is 0 Å². The van der Waals surface area contributed by atoms with Crippen LogP contribution in [0, 0.1) is 0 Å². The molecule has 2 heterocycles. The molecule has 1 atom stereocenters. The molecule has 90 valence electrons. The third-order valence-electron chi connectivity index (χ3n) is 2.37. The summed E-state index contributed by atoms with van der Waals surface area (Å²) in [5.74, 6) is 0.406. The van der Waals surface area contributed by atoms with E-state index in [9.17, 15) is 0 Å². The number of pyridine rings is 1. The Bertz CT molecular complexity index is 471. The molecule has 0 fully saturated rings. The summed E-state index contributed by atoms with van der Waals surface area (Å²) in [5, 5.41) is 0.930. The lowest BCUT2D eigenvalue weighted by Gasteiger charge is -2.14. The maximum Gasteiger partial charge on any atom is 0.107 e. The second kappa shape index (κ2) is 5.51. The molecule has 5 heteroatoms. The molecule has 0 aliphatic carbocycles. The van der Waals surface area contributed by atoms with Crippen molar-refractivity contribution in [3.05, 3.63) is 42.6 Å². The Hall–Kier alpha value is -1.07. The van der Waals surface area contributed by atoms with E-state index in [1.54, 1.807) is 12.4 Å². The summed E-state index contributed by atoms with van der Waals surface area (Å²) < 4.78 is 0. The summed E-state index contributed by atoms with van der Waals surface area (Å²) >= 11 is 4.63. The lowest BCUT2D eigenvalue weighted by Crippen LogP contribution is -1.95. The van der Waals surface area contributed by atoms with E-state index in [1.807, 2.05) is 24.5 Å².